The van der Waals surface area contributed by atoms with Crippen molar-refractivity contribution in [3.8, 4) is 11.5 Å². The van der Waals surface area contributed by atoms with Crippen molar-refractivity contribution in [1.82, 2.24) is 9.80 Å². The zero-order chi connectivity index (χ0) is 17.9. The van der Waals surface area contributed by atoms with Crippen LogP contribution in [0.15, 0.2) is 48.5 Å². The minimum Gasteiger partial charge on any atom is -0.497 e. The molecule has 5 heteroatoms. The van der Waals surface area contributed by atoms with Gasteiger partial charge in [0.25, 0.3) is 0 Å². The van der Waals surface area contributed by atoms with Crippen molar-refractivity contribution in [3.63, 3.8) is 0 Å². The summed E-state index contributed by atoms with van der Waals surface area (Å²) in [6.07, 6.45) is 1.14. The van der Waals surface area contributed by atoms with Crippen molar-refractivity contribution < 1.29 is 13.9 Å². The number of ether oxygens (including phenoxy) is 2. The molecule has 2 aromatic carbocycles. The number of methoxy groups -OCH3 is 1. The van der Waals surface area contributed by atoms with Gasteiger partial charge in [-0.1, -0.05) is 18.2 Å². The maximum absolute atomic E-state index is 13.3. The predicted octanol–water partition coefficient (Wildman–Crippen LogP) is 3.17. The molecule has 2 fully saturated rings. The molecule has 0 spiro atoms. The Bertz CT molecular complexity index is 737. The molecule has 4 nitrogen and oxygen atoms in total. The highest BCUT2D eigenvalue weighted by molar-refractivity contribution is 5.27. The first-order valence-corrected chi connectivity index (χ1v) is 9.21. The number of rotatable bonds is 5. The first-order chi connectivity index (χ1) is 12.7. The molecule has 0 aliphatic carbocycles. The zero-order valence-corrected chi connectivity index (χ0v) is 15.1. The molecular formula is C21H25FN2O2. The first-order valence-electron chi connectivity index (χ1n) is 9.21. The minimum atomic E-state index is -0.246. The molecule has 0 N–H and O–H groups in total. The molecule has 4 rings (SSSR count). The number of nitrogens with zero attached hydrogens (tertiary/aromatic N) is 2. The van der Waals surface area contributed by atoms with E-state index in [1.807, 2.05) is 18.2 Å². The lowest BCUT2D eigenvalue weighted by atomic mass is 10.1. The van der Waals surface area contributed by atoms with Gasteiger partial charge in [0.2, 0.25) is 0 Å². The van der Waals surface area contributed by atoms with Crippen LogP contribution in [0.5, 0.6) is 11.5 Å². The molecule has 138 valence electrons. The van der Waals surface area contributed by atoms with Gasteiger partial charge in [0, 0.05) is 51.3 Å². The topological polar surface area (TPSA) is 24.9 Å². The van der Waals surface area contributed by atoms with Crippen molar-refractivity contribution in [1.29, 1.82) is 0 Å². The summed E-state index contributed by atoms with van der Waals surface area (Å²) in [7, 11) is 1.69. The second-order valence-corrected chi connectivity index (χ2v) is 7.16. The third kappa shape index (κ3) is 4.00. The Kier molecular flexibility index (Phi) is 5.09. The smallest absolute Gasteiger partial charge is 0.126 e. The molecule has 0 aromatic heterocycles. The number of hydrogen-bond acceptors (Lipinski definition) is 4. The molecule has 0 radical (unpaired) electrons. The van der Waals surface area contributed by atoms with Crippen LogP contribution in [-0.4, -0.2) is 55.2 Å². The third-order valence-corrected chi connectivity index (χ3v) is 5.33. The Morgan fingerprint density at radius 2 is 1.88 bits per heavy atom. The van der Waals surface area contributed by atoms with Gasteiger partial charge in [-0.3, -0.25) is 9.80 Å². The minimum absolute atomic E-state index is 0.141. The molecule has 0 bridgehead atoms. The number of benzene rings is 2. The molecular weight excluding hydrogens is 331 g/mol. The highest BCUT2D eigenvalue weighted by atomic mass is 19.1. The molecule has 0 amide bonds. The van der Waals surface area contributed by atoms with Gasteiger partial charge < -0.3 is 9.47 Å². The van der Waals surface area contributed by atoms with Crippen molar-refractivity contribution >= 4 is 0 Å². The van der Waals surface area contributed by atoms with E-state index in [1.165, 1.54) is 17.7 Å². The monoisotopic (exact) mass is 356 g/mol. The van der Waals surface area contributed by atoms with Crippen LogP contribution in [0, 0.1) is 5.82 Å². The van der Waals surface area contributed by atoms with E-state index >= 15 is 0 Å². The van der Waals surface area contributed by atoms with E-state index in [1.54, 1.807) is 13.2 Å². The summed E-state index contributed by atoms with van der Waals surface area (Å²) in [6, 6.07) is 15.3. The molecule has 0 saturated carbocycles. The number of fused-ring (bicyclic) bond motifs is 1. The fourth-order valence-electron chi connectivity index (χ4n) is 4.01. The Balaban J connectivity index is 1.32. The van der Waals surface area contributed by atoms with Crippen LogP contribution in [0.25, 0.3) is 0 Å². The average Bonchev–Trinajstić information content (AvgIpc) is 3.04. The van der Waals surface area contributed by atoms with Gasteiger partial charge in [-0.05, 0) is 29.8 Å². The van der Waals surface area contributed by atoms with Crippen LogP contribution in [-0.2, 0) is 6.54 Å². The highest BCUT2D eigenvalue weighted by Gasteiger charge is 2.37. The zero-order valence-electron chi connectivity index (χ0n) is 15.1. The fourth-order valence-corrected chi connectivity index (χ4v) is 4.01. The summed E-state index contributed by atoms with van der Waals surface area (Å²) < 4.78 is 24.6. The van der Waals surface area contributed by atoms with E-state index in [-0.39, 0.29) is 11.9 Å². The second-order valence-electron chi connectivity index (χ2n) is 7.16. The molecule has 2 saturated heterocycles. The lowest BCUT2D eigenvalue weighted by Crippen LogP contribution is -2.49. The summed E-state index contributed by atoms with van der Waals surface area (Å²) in [5.41, 5.74) is 1.31. The van der Waals surface area contributed by atoms with Gasteiger partial charge in [0.15, 0.2) is 0 Å². The van der Waals surface area contributed by atoms with Crippen molar-refractivity contribution in [2.75, 3.05) is 33.3 Å². The first kappa shape index (κ1) is 17.3. The number of hydrogen-bond donors (Lipinski definition) is 0. The lowest BCUT2D eigenvalue weighted by molar-refractivity contribution is 0.0978. The van der Waals surface area contributed by atoms with Gasteiger partial charge in [-0.25, -0.2) is 4.39 Å². The molecule has 2 aromatic rings. The quantitative estimate of drug-likeness (QED) is 0.822. The largest absolute Gasteiger partial charge is 0.497 e. The van der Waals surface area contributed by atoms with Gasteiger partial charge >= 0.3 is 0 Å². The molecule has 2 aliphatic rings. The average molecular weight is 356 g/mol. The second kappa shape index (κ2) is 7.64. The van der Waals surface area contributed by atoms with Gasteiger partial charge in [0.05, 0.1) is 7.11 Å². The Hall–Kier alpha value is -2.11. The van der Waals surface area contributed by atoms with Crippen molar-refractivity contribution in [3.05, 3.63) is 59.9 Å². The van der Waals surface area contributed by atoms with Crippen LogP contribution in [0.1, 0.15) is 12.0 Å². The van der Waals surface area contributed by atoms with Gasteiger partial charge in [-0.15, -0.1) is 0 Å². The number of halogens is 1. The van der Waals surface area contributed by atoms with E-state index in [0.29, 0.717) is 11.8 Å². The Morgan fingerprint density at radius 1 is 1.04 bits per heavy atom. The van der Waals surface area contributed by atoms with E-state index in [9.17, 15) is 4.39 Å². The maximum Gasteiger partial charge on any atom is 0.126 e. The Labute approximate surface area is 154 Å². The molecule has 2 unspecified atom stereocenters. The van der Waals surface area contributed by atoms with Crippen LogP contribution < -0.4 is 9.47 Å². The van der Waals surface area contributed by atoms with Gasteiger partial charge in [0.1, 0.15) is 23.4 Å². The summed E-state index contributed by atoms with van der Waals surface area (Å²) in [5, 5.41) is 0. The van der Waals surface area contributed by atoms with Crippen molar-refractivity contribution in [2.24, 2.45) is 0 Å². The van der Waals surface area contributed by atoms with Crippen LogP contribution in [0.2, 0.25) is 0 Å². The molecule has 26 heavy (non-hydrogen) atoms. The predicted molar refractivity (Wildman–Crippen MR) is 99.1 cm³/mol. The maximum atomic E-state index is 13.3. The summed E-state index contributed by atoms with van der Waals surface area (Å²) in [6.45, 7) is 5.06. The Morgan fingerprint density at radius 3 is 2.65 bits per heavy atom. The summed E-state index contributed by atoms with van der Waals surface area (Å²) >= 11 is 0. The van der Waals surface area contributed by atoms with Crippen LogP contribution in [0.4, 0.5) is 4.39 Å². The third-order valence-electron chi connectivity index (χ3n) is 5.33. The molecule has 2 heterocycles. The molecule has 2 aliphatic heterocycles. The van der Waals surface area contributed by atoms with Crippen LogP contribution >= 0.6 is 0 Å². The van der Waals surface area contributed by atoms with E-state index < -0.39 is 0 Å². The summed E-state index contributed by atoms with van der Waals surface area (Å²) in [5.74, 6) is 1.28. The fraction of sp³-hybridized carbons (Fsp3) is 0.429. The standard InChI is InChI=1S/C21H25FN2O2/c1-25-19-7-5-16(6-8-19)13-23-9-10-24-15-21(12-18(24)14-23)26-20-4-2-3-17(22)11-20/h2-8,11,18,21H,9-10,12-15H2,1H3. The number of piperazine rings is 1. The van der Waals surface area contributed by atoms with E-state index in [2.05, 4.69) is 21.9 Å². The van der Waals surface area contributed by atoms with Crippen LogP contribution in [0.3, 0.4) is 0 Å². The SMILES string of the molecule is COc1ccc(CN2CCN3CC(Oc4cccc(F)c4)CC3C2)cc1. The van der Waals surface area contributed by atoms with E-state index in [4.69, 9.17) is 9.47 Å². The highest BCUT2D eigenvalue weighted by Crippen LogP contribution is 2.27. The molecule has 2 atom stereocenters. The lowest BCUT2D eigenvalue weighted by Gasteiger charge is -2.37. The van der Waals surface area contributed by atoms with E-state index in [0.717, 1.165) is 44.9 Å². The summed E-state index contributed by atoms with van der Waals surface area (Å²) in [4.78, 5) is 5.02. The van der Waals surface area contributed by atoms with Crippen molar-refractivity contribution in [2.45, 2.75) is 25.1 Å². The van der Waals surface area contributed by atoms with Gasteiger partial charge in [-0.2, -0.15) is 0 Å². The normalized spacial score (nSPS) is 23.6.